The van der Waals surface area contributed by atoms with Crippen LogP contribution in [0.5, 0.6) is 0 Å². The number of nitrogens with zero attached hydrogens (tertiary/aromatic N) is 4. The summed E-state index contributed by atoms with van der Waals surface area (Å²) in [7, 11) is 0. The highest BCUT2D eigenvalue weighted by molar-refractivity contribution is 5.85. The Balaban J connectivity index is 1.46. The van der Waals surface area contributed by atoms with Crippen LogP contribution in [-0.4, -0.2) is 69.6 Å². The van der Waals surface area contributed by atoms with Crippen molar-refractivity contribution in [2.24, 2.45) is 11.8 Å². The molecule has 7 nitrogen and oxygen atoms in total. The highest BCUT2D eigenvalue weighted by Gasteiger charge is 2.36. The molecule has 180 valence electrons. The number of rotatable bonds is 4. The third-order valence-corrected chi connectivity index (χ3v) is 6.69. The quantitative estimate of drug-likeness (QED) is 0.699. The van der Waals surface area contributed by atoms with E-state index in [9.17, 15) is 18.4 Å². The maximum absolute atomic E-state index is 13.9. The molecule has 3 heterocycles. The lowest BCUT2D eigenvalue weighted by Crippen LogP contribution is -2.52. The molecule has 0 N–H and O–H groups in total. The van der Waals surface area contributed by atoms with Gasteiger partial charge in [-0.25, -0.2) is 13.8 Å². The molecule has 2 saturated heterocycles. The normalized spacial score (nSPS) is 23.4. The smallest absolute Gasteiger partial charge is 0.245 e. The van der Waals surface area contributed by atoms with Crippen LogP contribution in [-0.2, 0) is 14.3 Å². The van der Waals surface area contributed by atoms with Crippen LogP contribution in [0.2, 0.25) is 0 Å². The van der Waals surface area contributed by atoms with Crippen molar-refractivity contribution < 1.29 is 23.1 Å². The lowest BCUT2D eigenvalue weighted by molar-refractivity contribution is -0.150. The minimum Gasteiger partial charge on any atom is -0.372 e. The Morgan fingerprint density at radius 3 is 2.24 bits per heavy atom. The van der Waals surface area contributed by atoms with E-state index in [-0.39, 0.29) is 35.9 Å². The minimum absolute atomic E-state index is 0.0227. The second-order valence-corrected chi connectivity index (χ2v) is 9.70. The Morgan fingerprint density at radius 2 is 1.64 bits per heavy atom. The van der Waals surface area contributed by atoms with Crippen LogP contribution in [0.25, 0.3) is 11.0 Å². The van der Waals surface area contributed by atoms with Gasteiger partial charge in [0.1, 0.15) is 6.04 Å². The third kappa shape index (κ3) is 4.74. The number of ether oxygens (including phenoxy) is 1. The number of hydrogen-bond donors (Lipinski definition) is 0. The van der Waals surface area contributed by atoms with Crippen molar-refractivity contribution in [3.05, 3.63) is 30.1 Å². The van der Waals surface area contributed by atoms with E-state index in [2.05, 4.69) is 4.98 Å². The molecule has 0 radical (unpaired) electrons. The molecule has 0 saturated carbocycles. The van der Waals surface area contributed by atoms with Gasteiger partial charge in [-0.05, 0) is 32.6 Å². The zero-order valence-corrected chi connectivity index (χ0v) is 19.6. The topological polar surface area (TPSA) is 67.7 Å². The van der Waals surface area contributed by atoms with E-state index in [0.29, 0.717) is 50.1 Å². The Hall–Kier alpha value is -2.55. The van der Waals surface area contributed by atoms with Gasteiger partial charge in [-0.2, -0.15) is 0 Å². The van der Waals surface area contributed by atoms with Gasteiger partial charge < -0.3 is 19.1 Å². The summed E-state index contributed by atoms with van der Waals surface area (Å²) in [5, 5.41) is 0. The number of piperidine rings is 1. The maximum atomic E-state index is 13.9. The molecule has 3 atom stereocenters. The first-order chi connectivity index (χ1) is 15.7. The number of aromatic nitrogens is 2. The van der Waals surface area contributed by atoms with Crippen molar-refractivity contribution in [3.8, 4) is 0 Å². The molecule has 2 amide bonds. The molecule has 33 heavy (non-hydrogen) atoms. The molecule has 0 spiro atoms. The van der Waals surface area contributed by atoms with Gasteiger partial charge >= 0.3 is 0 Å². The highest BCUT2D eigenvalue weighted by atomic mass is 19.2. The fourth-order valence-corrected chi connectivity index (χ4v) is 5.12. The van der Waals surface area contributed by atoms with Crippen molar-refractivity contribution in [2.75, 3.05) is 26.2 Å². The first-order valence-electron chi connectivity index (χ1n) is 11.7. The van der Waals surface area contributed by atoms with Gasteiger partial charge in [-0.3, -0.25) is 9.59 Å². The van der Waals surface area contributed by atoms with Crippen molar-refractivity contribution in [1.29, 1.82) is 0 Å². The average Bonchev–Trinajstić information content (AvgIpc) is 3.15. The third-order valence-electron chi connectivity index (χ3n) is 6.69. The summed E-state index contributed by atoms with van der Waals surface area (Å²) < 4.78 is 34.9. The second kappa shape index (κ2) is 9.37. The zero-order chi connectivity index (χ0) is 23.9. The van der Waals surface area contributed by atoms with Gasteiger partial charge in [0.25, 0.3) is 0 Å². The molecule has 2 fully saturated rings. The first-order valence-corrected chi connectivity index (χ1v) is 11.7. The van der Waals surface area contributed by atoms with Crippen LogP contribution in [0.4, 0.5) is 8.78 Å². The molecule has 4 rings (SSSR count). The number of hydrogen-bond acceptors (Lipinski definition) is 4. The molecule has 2 aliphatic heterocycles. The number of benzene rings is 1. The standard InChI is InChI=1S/C24H32F2N4O3/c1-14(2)22(30-13-27-20-9-18(25)19(26)10-21(20)30)24(32)28-7-5-17(6-8-28)23(31)29-11-15(3)33-16(4)12-29/h9-10,13-17,22H,5-8,11-12H2,1-4H3. The Morgan fingerprint density at radius 1 is 1.03 bits per heavy atom. The predicted octanol–water partition coefficient (Wildman–Crippen LogP) is 3.39. The van der Waals surface area contributed by atoms with Gasteiger partial charge in [0, 0.05) is 44.2 Å². The molecule has 2 aromatic rings. The van der Waals surface area contributed by atoms with E-state index in [1.54, 1.807) is 9.47 Å². The molecule has 2 aliphatic rings. The van der Waals surface area contributed by atoms with Crippen LogP contribution in [0, 0.1) is 23.5 Å². The number of likely N-dealkylation sites (tertiary alicyclic amines) is 1. The van der Waals surface area contributed by atoms with E-state index in [0.717, 1.165) is 12.1 Å². The SMILES string of the molecule is CC1CN(C(=O)C2CCN(C(=O)C(C(C)C)n3cnc4cc(F)c(F)cc43)CC2)CC(C)O1. The maximum Gasteiger partial charge on any atom is 0.245 e. The lowest BCUT2D eigenvalue weighted by Gasteiger charge is -2.40. The van der Waals surface area contributed by atoms with Crippen LogP contribution < -0.4 is 0 Å². The summed E-state index contributed by atoms with van der Waals surface area (Å²) in [5.41, 5.74) is 0.701. The van der Waals surface area contributed by atoms with E-state index in [1.807, 2.05) is 32.6 Å². The van der Waals surface area contributed by atoms with Crippen LogP contribution >= 0.6 is 0 Å². The van der Waals surface area contributed by atoms with Crippen LogP contribution in [0.15, 0.2) is 18.5 Å². The van der Waals surface area contributed by atoms with E-state index in [1.165, 1.54) is 6.33 Å². The molecule has 1 aromatic heterocycles. The Kier molecular flexibility index (Phi) is 6.70. The number of imidazole rings is 1. The Labute approximate surface area is 192 Å². The zero-order valence-electron chi connectivity index (χ0n) is 19.6. The average molecular weight is 463 g/mol. The first kappa shape index (κ1) is 23.6. The predicted molar refractivity (Wildman–Crippen MR) is 119 cm³/mol. The molecule has 3 unspecified atom stereocenters. The number of amides is 2. The van der Waals surface area contributed by atoms with E-state index >= 15 is 0 Å². The summed E-state index contributed by atoms with van der Waals surface area (Å²) in [6, 6.07) is 1.55. The summed E-state index contributed by atoms with van der Waals surface area (Å²) in [4.78, 5) is 34.4. The fourth-order valence-electron chi connectivity index (χ4n) is 5.12. The lowest BCUT2D eigenvalue weighted by atomic mass is 9.93. The number of carbonyl (C=O) groups is 2. The summed E-state index contributed by atoms with van der Waals surface area (Å²) in [6.07, 6.45) is 2.74. The van der Waals surface area contributed by atoms with Crippen molar-refractivity contribution in [3.63, 3.8) is 0 Å². The Bertz CT molecular complexity index is 1020. The van der Waals surface area contributed by atoms with E-state index in [4.69, 9.17) is 4.74 Å². The molecule has 9 heteroatoms. The molecule has 0 bridgehead atoms. The largest absolute Gasteiger partial charge is 0.372 e. The minimum atomic E-state index is -0.967. The van der Waals surface area contributed by atoms with Crippen LogP contribution in [0.1, 0.15) is 46.6 Å². The van der Waals surface area contributed by atoms with Gasteiger partial charge in [0.2, 0.25) is 11.8 Å². The van der Waals surface area contributed by atoms with Crippen LogP contribution in [0.3, 0.4) is 0 Å². The molecule has 0 aliphatic carbocycles. The van der Waals surface area contributed by atoms with Gasteiger partial charge in [0.15, 0.2) is 11.6 Å². The van der Waals surface area contributed by atoms with Gasteiger partial charge in [-0.1, -0.05) is 13.8 Å². The number of morpholine rings is 1. The van der Waals surface area contributed by atoms with Crippen molar-refractivity contribution >= 4 is 22.8 Å². The second-order valence-electron chi connectivity index (χ2n) is 9.70. The molecular formula is C24H32F2N4O3. The number of carbonyl (C=O) groups excluding carboxylic acids is 2. The molecular weight excluding hydrogens is 430 g/mol. The summed E-state index contributed by atoms with van der Waals surface area (Å²) >= 11 is 0. The number of fused-ring (bicyclic) bond motifs is 1. The van der Waals surface area contributed by atoms with Crippen molar-refractivity contribution in [2.45, 2.75) is 58.8 Å². The van der Waals surface area contributed by atoms with Crippen molar-refractivity contribution in [1.82, 2.24) is 19.4 Å². The summed E-state index contributed by atoms with van der Waals surface area (Å²) in [6.45, 7) is 9.97. The molecule has 1 aromatic carbocycles. The fraction of sp³-hybridized carbons (Fsp3) is 0.625. The summed E-state index contributed by atoms with van der Waals surface area (Å²) in [5.74, 6) is -2.06. The van der Waals surface area contributed by atoms with Gasteiger partial charge in [0.05, 0.1) is 29.6 Å². The highest BCUT2D eigenvalue weighted by Crippen LogP contribution is 2.29. The van der Waals surface area contributed by atoms with E-state index < -0.39 is 17.7 Å². The monoisotopic (exact) mass is 462 g/mol. The number of halogens is 2. The van der Waals surface area contributed by atoms with Gasteiger partial charge in [-0.15, -0.1) is 0 Å².